The molecule has 1 aliphatic heterocycles. The minimum absolute atomic E-state index is 0.0789. The number of hydrogen-bond donors (Lipinski definition) is 1. The molecule has 0 aliphatic carbocycles. The summed E-state index contributed by atoms with van der Waals surface area (Å²) < 4.78 is 0. The first kappa shape index (κ1) is 15.4. The number of halogens is 2. The van der Waals surface area contributed by atoms with Crippen LogP contribution < -0.4 is 5.73 Å². The van der Waals surface area contributed by atoms with Crippen LogP contribution in [0, 0.1) is 5.92 Å². The molecule has 1 atom stereocenters. The van der Waals surface area contributed by atoms with Crippen molar-refractivity contribution in [3.05, 3.63) is 27.7 Å². The van der Waals surface area contributed by atoms with E-state index in [1.165, 1.54) is 0 Å². The maximum atomic E-state index is 12.4. The Kier molecular flexibility index (Phi) is 4.78. The van der Waals surface area contributed by atoms with Crippen LogP contribution >= 0.6 is 23.2 Å². The molecule has 6 heteroatoms. The van der Waals surface area contributed by atoms with E-state index in [0.29, 0.717) is 27.2 Å². The van der Waals surface area contributed by atoms with Crippen LogP contribution in [0.1, 0.15) is 16.8 Å². The number of carbonyl (C=O) groups excluding carboxylic acids is 1. The van der Waals surface area contributed by atoms with Crippen molar-refractivity contribution in [1.82, 2.24) is 9.80 Å². The average Bonchev–Trinajstić information content (AvgIpc) is 2.79. The van der Waals surface area contributed by atoms with Crippen LogP contribution in [0.15, 0.2) is 12.1 Å². The van der Waals surface area contributed by atoms with Gasteiger partial charge >= 0.3 is 0 Å². The lowest BCUT2D eigenvalue weighted by Gasteiger charge is -2.21. The first-order chi connectivity index (χ1) is 9.38. The van der Waals surface area contributed by atoms with Crippen LogP contribution in [0.3, 0.4) is 0 Å². The lowest BCUT2D eigenvalue weighted by molar-refractivity contribution is 0.0774. The predicted octanol–water partition coefficient (Wildman–Crippen LogP) is 2.60. The van der Waals surface area contributed by atoms with Gasteiger partial charge in [-0.05, 0) is 38.1 Å². The zero-order valence-electron chi connectivity index (χ0n) is 11.7. The summed E-state index contributed by atoms with van der Waals surface area (Å²) in [5, 5.41) is 0.604. The second kappa shape index (κ2) is 6.20. The molecule has 1 unspecified atom stereocenters. The highest BCUT2D eigenvalue weighted by Crippen LogP contribution is 2.30. The van der Waals surface area contributed by atoms with Crippen molar-refractivity contribution in [2.45, 2.75) is 6.42 Å². The van der Waals surface area contributed by atoms with Crippen LogP contribution in [-0.2, 0) is 0 Å². The summed E-state index contributed by atoms with van der Waals surface area (Å²) in [7, 11) is 3.90. The highest BCUT2D eigenvalue weighted by molar-refractivity contribution is 6.43. The van der Waals surface area contributed by atoms with E-state index in [1.807, 2.05) is 0 Å². The third-order valence-corrected chi connectivity index (χ3v) is 4.49. The molecule has 2 rings (SSSR count). The summed E-state index contributed by atoms with van der Waals surface area (Å²) in [5.41, 5.74) is 6.56. The van der Waals surface area contributed by atoms with E-state index < -0.39 is 0 Å². The van der Waals surface area contributed by atoms with Gasteiger partial charge in [-0.2, -0.15) is 0 Å². The molecule has 0 radical (unpaired) electrons. The van der Waals surface area contributed by atoms with Gasteiger partial charge in [-0.3, -0.25) is 4.79 Å². The van der Waals surface area contributed by atoms with Crippen LogP contribution in [0.2, 0.25) is 10.0 Å². The fourth-order valence-electron chi connectivity index (χ4n) is 2.60. The van der Waals surface area contributed by atoms with Crippen molar-refractivity contribution < 1.29 is 4.79 Å². The maximum Gasteiger partial charge on any atom is 0.253 e. The first-order valence-electron chi connectivity index (χ1n) is 6.57. The standard InChI is InChI=1S/C14H19Cl2N3O/c1-18-4-3-9(7-18)8-19(2)14(20)10-5-11(15)13(16)12(17)6-10/h5-6,9H,3-4,7-8,17H2,1-2H3. The molecule has 1 fully saturated rings. The van der Waals surface area contributed by atoms with Gasteiger partial charge in [0.15, 0.2) is 0 Å². The molecule has 2 N–H and O–H groups in total. The summed E-state index contributed by atoms with van der Waals surface area (Å²) in [6.45, 7) is 2.86. The van der Waals surface area contributed by atoms with Crippen molar-refractivity contribution in [3.63, 3.8) is 0 Å². The Hall–Kier alpha value is -0.970. The summed E-state index contributed by atoms with van der Waals surface area (Å²) in [4.78, 5) is 16.4. The number of nitrogens with zero attached hydrogens (tertiary/aromatic N) is 2. The topological polar surface area (TPSA) is 49.6 Å². The normalized spacial score (nSPS) is 19.3. The molecule has 1 aromatic rings. The monoisotopic (exact) mass is 315 g/mol. The van der Waals surface area contributed by atoms with Gasteiger partial charge in [0.25, 0.3) is 5.91 Å². The van der Waals surface area contributed by atoms with Gasteiger partial charge in [0, 0.05) is 25.7 Å². The summed E-state index contributed by atoms with van der Waals surface area (Å²) >= 11 is 11.9. The second-order valence-electron chi connectivity index (χ2n) is 5.46. The Labute approximate surface area is 129 Å². The van der Waals surface area contributed by atoms with Crippen LogP contribution in [0.4, 0.5) is 5.69 Å². The van der Waals surface area contributed by atoms with Crippen molar-refractivity contribution in [2.75, 3.05) is 39.5 Å². The molecule has 4 nitrogen and oxygen atoms in total. The molecule has 1 amide bonds. The zero-order chi connectivity index (χ0) is 14.9. The lowest BCUT2D eigenvalue weighted by atomic mass is 10.1. The minimum atomic E-state index is -0.0789. The smallest absolute Gasteiger partial charge is 0.253 e. The van der Waals surface area contributed by atoms with E-state index in [-0.39, 0.29) is 5.91 Å². The van der Waals surface area contributed by atoms with E-state index >= 15 is 0 Å². The zero-order valence-corrected chi connectivity index (χ0v) is 13.2. The fraction of sp³-hybridized carbons (Fsp3) is 0.500. The SMILES string of the molecule is CN1CCC(CN(C)C(=O)c2cc(N)c(Cl)c(Cl)c2)C1. The fourth-order valence-corrected chi connectivity index (χ4v) is 2.94. The van der Waals surface area contributed by atoms with Gasteiger partial charge < -0.3 is 15.5 Å². The third-order valence-electron chi connectivity index (χ3n) is 3.67. The van der Waals surface area contributed by atoms with E-state index in [1.54, 1.807) is 24.1 Å². The molecule has 0 saturated carbocycles. The number of nitrogen functional groups attached to an aromatic ring is 1. The Morgan fingerprint density at radius 2 is 2.20 bits per heavy atom. The van der Waals surface area contributed by atoms with Gasteiger partial charge in [-0.15, -0.1) is 0 Å². The van der Waals surface area contributed by atoms with Crippen molar-refractivity contribution in [2.24, 2.45) is 5.92 Å². The lowest BCUT2D eigenvalue weighted by Crippen LogP contribution is -2.32. The summed E-state index contributed by atoms with van der Waals surface area (Å²) in [5.74, 6) is 0.443. The Morgan fingerprint density at radius 1 is 1.50 bits per heavy atom. The summed E-state index contributed by atoms with van der Waals surface area (Å²) in [6, 6.07) is 3.15. The number of likely N-dealkylation sites (tertiary alicyclic amines) is 1. The van der Waals surface area contributed by atoms with Gasteiger partial charge in [0.2, 0.25) is 0 Å². The molecule has 1 heterocycles. The molecule has 1 saturated heterocycles. The van der Waals surface area contributed by atoms with Crippen molar-refractivity contribution in [1.29, 1.82) is 0 Å². The number of benzene rings is 1. The molecule has 0 aromatic heterocycles. The Bertz CT molecular complexity index is 498. The molecule has 20 heavy (non-hydrogen) atoms. The molecule has 0 bridgehead atoms. The average molecular weight is 316 g/mol. The highest BCUT2D eigenvalue weighted by atomic mass is 35.5. The van der Waals surface area contributed by atoms with Crippen molar-refractivity contribution in [3.8, 4) is 0 Å². The van der Waals surface area contributed by atoms with Gasteiger partial charge in [-0.25, -0.2) is 0 Å². The number of carbonyl (C=O) groups is 1. The van der Waals surface area contributed by atoms with Gasteiger partial charge in [0.05, 0.1) is 15.7 Å². The van der Waals surface area contributed by atoms with E-state index in [2.05, 4.69) is 11.9 Å². The van der Waals surface area contributed by atoms with E-state index in [9.17, 15) is 4.79 Å². The second-order valence-corrected chi connectivity index (χ2v) is 6.25. The Balaban J connectivity index is 2.07. The number of anilines is 1. The van der Waals surface area contributed by atoms with Crippen LogP contribution in [-0.4, -0.2) is 49.4 Å². The number of rotatable bonds is 3. The molecule has 1 aliphatic rings. The van der Waals surface area contributed by atoms with Crippen molar-refractivity contribution >= 4 is 34.8 Å². The quantitative estimate of drug-likeness (QED) is 0.872. The van der Waals surface area contributed by atoms with E-state index in [4.69, 9.17) is 28.9 Å². The first-order valence-corrected chi connectivity index (χ1v) is 7.32. The maximum absolute atomic E-state index is 12.4. The number of amides is 1. The number of hydrogen-bond acceptors (Lipinski definition) is 3. The molecular weight excluding hydrogens is 297 g/mol. The van der Waals surface area contributed by atoms with Gasteiger partial charge in [-0.1, -0.05) is 23.2 Å². The molecule has 110 valence electrons. The van der Waals surface area contributed by atoms with Gasteiger partial charge in [0.1, 0.15) is 0 Å². The molecule has 1 aromatic carbocycles. The minimum Gasteiger partial charge on any atom is -0.397 e. The molecule has 0 spiro atoms. The van der Waals surface area contributed by atoms with Crippen LogP contribution in [0.25, 0.3) is 0 Å². The highest BCUT2D eigenvalue weighted by Gasteiger charge is 2.23. The molecular formula is C14H19Cl2N3O. The predicted molar refractivity (Wildman–Crippen MR) is 83.4 cm³/mol. The van der Waals surface area contributed by atoms with Crippen LogP contribution in [0.5, 0.6) is 0 Å². The number of nitrogens with two attached hydrogens (primary N) is 1. The Morgan fingerprint density at radius 3 is 2.75 bits per heavy atom. The largest absolute Gasteiger partial charge is 0.397 e. The van der Waals surface area contributed by atoms with E-state index in [0.717, 1.165) is 26.1 Å². The summed E-state index contributed by atoms with van der Waals surface area (Å²) in [6.07, 6.45) is 1.12. The third kappa shape index (κ3) is 3.37.